The Morgan fingerprint density at radius 2 is 1.97 bits per heavy atom. The summed E-state index contributed by atoms with van der Waals surface area (Å²) in [6.45, 7) is 4.27. The molecule has 1 aromatic heterocycles. The van der Waals surface area contributed by atoms with Crippen molar-refractivity contribution in [3.8, 4) is 11.5 Å². The molecule has 0 bridgehead atoms. The predicted octanol–water partition coefficient (Wildman–Crippen LogP) is 2.18. The Bertz CT molecular complexity index is 1150. The molecule has 3 N–H and O–H groups in total. The van der Waals surface area contributed by atoms with Gasteiger partial charge in [-0.2, -0.15) is 10.2 Å². The van der Waals surface area contributed by atoms with Gasteiger partial charge in [0.15, 0.2) is 18.1 Å². The van der Waals surface area contributed by atoms with Gasteiger partial charge in [0, 0.05) is 11.3 Å². The van der Waals surface area contributed by atoms with Crippen LogP contribution in [-0.2, 0) is 11.3 Å². The summed E-state index contributed by atoms with van der Waals surface area (Å²) < 4.78 is 12.4. The highest BCUT2D eigenvalue weighted by Crippen LogP contribution is 2.27. The second-order valence-corrected chi connectivity index (χ2v) is 7.15. The van der Waals surface area contributed by atoms with Crippen LogP contribution >= 0.6 is 0 Å². The Labute approximate surface area is 185 Å². The van der Waals surface area contributed by atoms with Crippen molar-refractivity contribution in [3.63, 3.8) is 0 Å². The van der Waals surface area contributed by atoms with Gasteiger partial charge in [-0.05, 0) is 61.4 Å². The average Bonchev–Trinajstić information content (AvgIpc) is 3.09. The summed E-state index contributed by atoms with van der Waals surface area (Å²) in [4.78, 5) is 23.4. The van der Waals surface area contributed by atoms with E-state index < -0.39 is 5.91 Å². The normalized spacial score (nSPS) is 10.8. The second kappa shape index (κ2) is 10.3. The SMILES string of the molecule is COc1cc(C=NNC(=O)c2cccc(Cn3nc(C)cc3C)c2)ccc1OCC(N)=O. The lowest BCUT2D eigenvalue weighted by Gasteiger charge is -2.09. The topological polar surface area (TPSA) is 121 Å². The largest absolute Gasteiger partial charge is 0.493 e. The number of aryl methyl sites for hydroxylation is 2. The van der Waals surface area contributed by atoms with Gasteiger partial charge in [0.25, 0.3) is 11.8 Å². The molecule has 0 unspecified atom stereocenters. The van der Waals surface area contributed by atoms with Crippen molar-refractivity contribution in [1.82, 2.24) is 15.2 Å². The zero-order valence-electron chi connectivity index (χ0n) is 18.2. The summed E-state index contributed by atoms with van der Waals surface area (Å²) in [5.74, 6) is -0.116. The molecule has 0 atom stereocenters. The molecule has 0 aliphatic rings. The summed E-state index contributed by atoms with van der Waals surface area (Å²) in [6, 6.07) is 14.3. The fourth-order valence-electron chi connectivity index (χ4n) is 3.08. The first-order chi connectivity index (χ1) is 15.4. The third-order valence-corrected chi connectivity index (χ3v) is 4.56. The highest BCUT2D eigenvalue weighted by molar-refractivity contribution is 5.95. The fourth-order valence-corrected chi connectivity index (χ4v) is 3.08. The number of hydrazone groups is 1. The van der Waals surface area contributed by atoms with E-state index in [4.69, 9.17) is 15.2 Å². The Hall–Kier alpha value is -4.14. The Balaban J connectivity index is 1.64. The maximum Gasteiger partial charge on any atom is 0.271 e. The number of carbonyl (C=O) groups is 2. The van der Waals surface area contributed by atoms with Gasteiger partial charge in [-0.1, -0.05) is 12.1 Å². The molecular formula is C23H25N5O4. The number of ether oxygens (including phenoxy) is 2. The van der Waals surface area contributed by atoms with Crippen molar-refractivity contribution in [2.75, 3.05) is 13.7 Å². The van der Waals surface area contributed by atoms with Crippen molar-refractivity contribution in [2.24, 2.45) is 10.8 Å². The third kappa shape index (κ3) is 5.94. The number of nitrogens with two attached hydrogens (primary N) is 1. The first-order valence-electron chi connectivity index (χ1n) is 9.88. The van der Waals surface area contributed by atoms with E-state index in [1.165, 1.54) is 13.3 Å². The molecule has 1 heterocycles. The first-order valence-corrected chi connectivity index (χ1v) is 9.88. The molecule has 3 aromatic rings. The van der Waals surface area contributed by atoms with E-state index in [0.717, 1.165) is 17.0 Å². The molecule has 3 rings (SSSR count). The zero-order chi connectivity index (χ0) is 23.1. The smallest absolute Gasteiger partial charge is 0.271 e. The van der Waals surface area contributed by atoms with Crippen LogP contribution in [0.15, 0.2) is 53.6 Å². The summed E-state index contributed by atoms with van der Waals surface area (Å²) in [6.07, 6.45) is 1.48. The van der Waals surface area contributed by atoms with Gasteiger partial charge in [0.1, 0.15) is 0 Å². The number of nitrogens with zero attached hydrogens (tertiary/aromatic N) is 3. The number of aromatic nitrogens is 2. The molecule has 0 radical (unpaired) electrons. The van der Waals surface area contributed by atoms with E-state index in [0.29, 0.717) is 29.2 Å². The van der Waals surface area contributed by atoms with Crippen LogP contribution in [0.1, 0.15) is 32.9 Å². The quantitative estimate of drug-likeness (QED) is 0.394. The summed E-state index contributed by atoms with van der Waals surface area (Å²) in [5.41, 5.74) is 11.8. The number of carbonyl (C=O) groups excluding carboxylic acids is 2. The van der Waals surface area contributed by atoms with Gasteiger partial charge in [0.05, 0.1) is 25.6 Å². The molecule has 9 heteroatoms. The van der Waals surface area contributed by atoms with Gasteiger partial charge < -0.3 is 15.2 Å². The number of primary amides is 1. The minimum atomic E-state index is -0.584. The Morgan fingerprint density at radius 1 is 1.16 bits per heavy atom. The third-order valence-electron chi connectivity index (χ3n) is 4.56. The van der Waals surface area contributed by atoms with E-state index in [1.54, 1.807) is 24.3 Å². The van der Waals surface area contributed by atoms with Crippen LogP contribution in [0.25, 0.3) is 0 Å². The van der Waals surface area contributed by atoms with Gasteiger partial charge >= 0.3 is 0 Å². The van der Waals surface area contributed by atoms with Crippen LogP contribution in [-0.4, -0.2) is 41.5 Å². The standard InChI is InChI=1S/C23H25N5O4/c1-15-9-16(2)28(27-15)13-18-5-4-6-19(10-18)23(30)26-25-12-17-7-8-20(21(11-17)31-3)32-14-22(24)29/h4-12H,13-14H2,1-3H3,(H2,24,29)(H,26,30). The van der Waals surface area contributed by atoms with Crippen molar-refractivity contribution < 1.29 is 19.1 Å². The molecule has 2 amide bonds. The van der Waals surface area contributed by atoms with E-state index >= 15 is 0 Å². The molecule has 9 nitrogen and oxygen atoms in total. The maximum atomic E-state index is 12.5. The molecule has 0 saturated heterocycles. The van der Waals surface area contributed by atoms with E-state index in [1.807, 2.05) is 42.8 Å². The fraction of sp³-hybridized carbons (Fsp3) is 0.217. The summed E-state index contributed by atoms with van der Waals surface area (Å²) in [5, 5.41) is 8.47. The molecule has 0 aliphatic carbocycles. The van der Waals surface area contributed by atoms with E-state index in [9.17, 15) is 9.59 Å². The lowest BCUT2D eigenvalue weighted by molar-refractivity contribution is -0.119. The lowest BCUT2D eigenvalue weighted by Crippen LogP contribution is -2.20. The molecule has 166 valence electrons. The highest BCUT2D eigenvalue weighted by Gasteiger charge is 2.09. The monoisotopic (exact) mass is 435 g/mol. The molecular weight excluding hydrogens is 410 g/mol. The number of hydrogen-bond acceptors (Lipinski definition) is 6. The van der Waals surface area contributed by atoms with Crippen LogP contribution < -0.4 is 20.6 Å². The molecule has 2 aromatic carbocycles. The second-order valence-electron chi connectivity index (χ2n) is 7.15. The van der Waals surface area contributed by atoms with E-state index in [2.05, 4.69) is 15.6 Å². The van der Waals surface area contributed by atoms with Gasteiger partial charge in [-0.25, -0.2) is 5.43 Å². The van der Waals surface area contributed by atoms with Gasteiger partial charge in [-0.3, -0.25) is 14.3 Å². The predicted molar refractivity (Wildman–Crippen MR) is 120 cm³/mol. The number of hydrogen-bond donors (Lipinski definition) is 2. The van der Waals surface area contributed by atoms with Crippen molar-refractivity contribution in [2.45, 2.75) is 20.4 Å². The number of methoxy groups -OCH3 is 1. The Kier molecular flexibility index (Phi) is 7.22. The Morgan fingerprint density at radius 3 is 2.66 bits per heavy atom. The highest BCUT2D eigenvalue weighted by atomic mass is 16.5. The van der Waals surface area contributed by atoms with Crippen LogP contribution in [0.4, 0.5) is 0 Å². The first kappa shape index (κ1) is 22.5. The molecule has 0 aliphatic heterocycles. The number of amides is 2. The average molecular weight is 435 g/mol. The van der Waals surface area contributed by atoms with Gasteiger partial charge in [-0.15, -0.1) is 0 Å². The number of rotatable bonds is 9. The lowest BCUT2D eigenvalue weighted by atomic mass is 10.1. The van der Waals surface area contributed by atoms with Crippen LogP contribution in [0.5, 0.6) is 11.5 Å². The molecule has 0 spiro atoms. The molecule has 32 heavy (non-hydrogen) atoms. The molecule has 0 saturated carbocycles. The van der Waals surface area contributed by atoms with Crippen LogP contribution in [0.3, 0.4) is 0 Å². The van der Waals surface area contributed by atoms with Crippen LogP contribution in [0.2, 0.25) is 0 Å². The summed E-state index contributed by atoms with van der Waals surface area (Å²) >= 11 is 0. The molecule has 0 fully saturated rings. The number of benzene rings is 2. The van der Waals surface area contributed by atoms with Gasteiger partial charge in [0.2, 0.25) is 0 Å². The maximum absolute atomic E-state index is 12.5. The van der Waals surface area contributed by atoms with Crippen molar-refractivity contribution in [1.29, 1.82) is 0 Å². The summed E-state index contributed by atoms with van der Waals surface area (Å²) in [7, 11) is 1.48. The van der Waals surface area contributed by atoms with Crippen molar-refractivity contribution >= 4 is 18.0 Å². The van der Waals surface area contributed by atoms with Crippen LogP contribution in [0, 0.1) is 13.8 Å². The van der Waals surface area contributed by atoms with Crippen molar-refractivity contribution in [3.05, 3.63) is 76.6 Å². The number of nitrogens with one attached hydrogen (secondary N) is 1. The van der Waals surface area contributed by atoms with E-state index in [-0.39, 0.29) is 12.5 Å². The minimum Gasteiger partial charge on any atom is -0.493 e. The minimum absolute atomic E-state index is 0.251. The zero-order valence-corrected chi connectivity index (χ0v) is 18.2.